The third-order valence-electron chi connectivity index (χ3n) is 5.26. The minimum absolute atomic E-state index is 0.0260. The number of hydrogen-bond donors (Lipinski definition) is 2. The van der Waals surface area contributed by atoms with Crippen LogP contribution in [-0.4, -0.2) is 35.8 Å². The minimum Gasteiger partial charge on any atom is -0.325 e. The molecule has 158 valence electrons. The largest absolute Gasteiger partial charge is 0.325 e. The summed E-state index contributed by atoms with van der Waals surface area (Å²) in [5, 5.41) is 5.33. The topological polar surface area (TPSA) is 61.4 Å². The van der Waals surface area contributed by atoms with E-state index in [9.17, 15) is 14.0 Å². The van der Waals surface area contributed by atoms with Crippen molar-refractivity contribution in [2.24, 2.45) is 0 Å². The van der Waals surface area contributed by atoms with Gasteiger partial charge in [0.05, 0.1) is 12.2 Å². The zero-order valence-electron chi connectivity index (χ0n) is 17.5. The first-order chi connectivity index (χ1) is 14.4. The van der Waals surface area contributed by atoms with Crippen molar-refractivity contribution in [2.45, 2.75) is 39.2 Å². The van der Waals surface area contributed by atoms with Crippen molar-refractivity contribution >= 4 is 29.3 Å². The van der Waals surface area contributed by atoms with Crippen LogP contribution in [0, 0.1) is 12.7 Å². The molecule has 1 aliphatic heterocycles. The summed E-state index contributed by atoms with van der Waals surface area (Å²) in [5.41, 5.74) is 2.45. The zero-order chi connectivity index (χ0) is 21.5. The number of likely N-dealkylation sites (tertiary alicyclic amines) is 1. The van der Waals surface area contributed by atoms with Crippen molar-refractivity contribution in [1.82, 2.24) is 4.90 Å². The predicted molar refractivity (Wildman–Crippen MR) is 119 cm³/mol. The molecule has 0 radical (unpaired) electrons. The van der Waals surface area contributed by atoms with Crippen LogP contribution in [0.25, 0.3) is 6.08 Å². The van der Waals surface area contributed by atoms with Gasteiger partial charge in [-0.1, -0.05) is 36.2 Å². The fraction of sp³-hybridized carbons (Fsp3) is 0.333. The molecule has 0 aliphatic carbocycles. The van der Waals surface area contributed by atoms with Crippen molar-refractivity contribution in [1.29, 1.82) is 0 Å². The highest BCUT2D eigenvalue weighted by molar-refractivity contribution is 6.02. The van der Waals surface area contributed by atoms with Crippen LogP contribution in [0.15, 0.2) is 48.5 Å². The van der Waals surface area contributed by atoms with Gasteiger partial charge in [-0.25, -0.2) is 4.39 Å². The summed E-state index contributed by atoms with van der Waals surface area (Å²) in [7, 11) is 0. The van der Waals surface area contributed by atoms with Crippen molar-refractivity contribution in [2.75, 3.05) is 23.7 Å². The lowest BCUT2D eigenvalue weighted by Gasteiger charge is -2.32. The molecule has 1 fully saturated rings. The standard InChI is InChI=1S/C24H28FN3O2/c1-17-6-5-8-19(14-17)9-12-23(29)27-22-15-20(10-11-21(22)25)26-24(30)16-28-13-4-3-7-18(28)2/h5-6,8-12,14-15,18H,3-4,7,13,16H2,1-2H3,(H,26,30)(H,27,29). The van der Waals surface area contributed by atoms with E-state index in [1.807, 2.05) is 31.2 Å². The van der Waals surface area contributed by atoms with E-state index < -0.39 is 11.7 Å². The highest BCUT2D eigenvalue weighted by Crippen LogP contribution is 2.21. The van der Waals surface area contributed by atoms with E-state index in [1.165, 1.54) is 30.7 Å². The SMILES string of the molecule is Cc1cccc(C=CC(=O)Nc2cc(NC(=O)CN3CCCCC3C)ccc2F)c1. The molecule has 0 bridgehead atoms. The summed E-state index contributed by atoms with van der Waals surface area (Å²) in [6.45, 7) is 5.31. The highest BCUT2D eigenvalue weighted by atomic mass is 19.1. The number of amides is 2. The second-order valence-corrected chi connectivity index (χ2v) is 7.79. The minimum atomic E-state index is -0.560. The van der Waals surface area contributed by atoms with Gasteiger partial charge in [-0.05, 0) is 63.1 Å². The van der Waals surface area contributed by atoms with Gasteiger partial charge in [-0.15, -0.1) is 0 Å². The number of halogens is 1. The Hall–Kier alpha value is -2.99. The Balaban J connectivity index is 1.60. The van der Waals surface area contributed by atoms with E-state index in [1.54, 1.807) is 6.08 Å². The Morgan fingerprint density at radius 2 is 2.00 bits per heavy atom. The summed E-state index contributed by atoms with van der Waals surface area (Å²) in [6, 6.07) is 12.3. The van der Waals surface area contributed by atoms with Gasteiger partial charge in [0.25, 0.3) is 0 Å². The molecule has 0 aromatic heterocycles. The van der Waals surface area contributed by atoms with Crippen molar-refractivity contribution in [3.8, 4) is 0 Å². The molecule has 2 N–H and O–H groups in total. The van der Waals surface area contributed by atoms with Crippen LogP contribution in [0.3, 0.4) is 0 Å². The van der Waals surface area contributed by atoms with Crippen LogP contribution in [-0.2, 0) is 9.59 Å². The number of carbonyl (C=O) groups excluding carboxylic acids is 2. The number of benzene rings is 2. The lowest BCUT2D eigenvalue weighted by Crippen LogP contribution is -2.42. The van der Waals surface area contributed by atoms with Gasteiger partial charge >= 0.3 is 0 Å². The Morgan fingerprint density at radius 3 is 2.77 bits per heavy atom. The maximum Gasteiger partial charge on any atom is 0.248 e. The third kappa shape index (κ3) is 6.26. The average molecular weight is 410 g/mol. The summed E-state index contributed by atoms with van der Waals surface area (Å²) < 4.78 is 14.1. The van der Waals surface area contributed by atoms with Gasteiger partial charge < -0.3 is 10.6 Å². The third-order valence-corrected chi connectivity index (χ3v) is 5.26. The summed E-state index contributed by atoms with van der Waals surface area (Å²) in [5.74, 6) is -1.15. The molecule has 3 rings (SSSR count). The van der Waals surface area contributed by atoms with Crippen LogP contribution in [0.5, 0.6) is 0 Å². The molecule has 2 aromatic rings. The quantitative estimate of drug-likeness (QED) is 0.686. The van der Waals surface area contributed by atoms with Crippen LogP contribution < -0.4 is 10.6 Å². The van der Waals surface area contributed by atoms with E-state index in [2.05, 4.69) is 22.5 Å². The molecule has 6 heteroatoms. The van der Waals surface area contributed by atoms with Gasteiger partial charge in [0.15, 0.2) is 0 Å². The van der Waals surface area contributed by atoms with Crippen molar-refractivity contribution in [3.05, 3.63) is 65.5 Å². The number of rotatable bonds is 6. The first-order valence-electron chi connectivity index (χ1n) is 10.3. The Morgan fingerprint density at radius 1 is 1.17 bits per heavy atom. The van der Waals surface area contributed by atoms with E-state index in [-0.39, 0.29) is 11.6 Å². The molecule has 1 heterocycles. The molecule has 5 nitrogen and oxygen atoms in total. The van der Waals surface area contributed by atoms with Crippen LogP contribution in [0.2, 0.25) is 0 Å². The van der Waals surface area contributed by atoms with Gasteiger partial charge in [-0.3, -0.25) is 14.5 Å². The predicted octanol–water partition coefficient (Wildman–Crippen LogP) is 4.60. The molecule has 2 aromatic carbocycles. The molecular formula is C24H28FN3O2. The summed E-state index contributed by atoms with van der Waals surface area (Å²) in [6.07, 6.45) is 6.41. The van der Waals surface area contributed by atoms with E-state index >= 15 is 0 Å². The second-order valence-electron chi connectivity index (χ2n) is 7.79. The smallest absolute Gasteiger partial charge is 0.248 e. The molecule has 0 saturated carbocycles. The lowest BCUT2D eigenvalue weighted by molar-refractivity contribution is -0.118. The fourth-order valence-electron chi connectivity index (χ4n) is 3.60. The first kappa shape index (κ1) is 21.7. The van der Waals surface area contributed by atoms with Crippen LogP contribution in [0.4, 0.5) is 15.8 Å². The molecule has 2 amide bonds. The second kappa shape index (κ2) is 10.2. The Kier molecular flexibility index (Phi) is 7.36. The van der Waals surface area contributed by atoms with Gasteiger partial charge in [0.2, 0.25) is 11.8 Å². The van der Waals surface area contributed by atoms with Gasteiger partial charge in [0.1, 0.15) is 5.82 Å². The molecule has 30 heavy (non-hydrogen) atoms. The normalized spacial score (nSPS) is 17.1. The molecular weight excluding hydrogens is 381 g/mol. The number of hydrogen-bond acceptors (Lipinski definition) is 3. The zero-order valence-corrected chi connectivity index (χ0v) is 17.5. The van der Waals surface area contributed by atoms with E-state index in [4.69, 9.17) is 0 Å². The number of nitrogens with zero attached hydrogens (tertiary/aromatic N) is 1. The molecule has 1 aliphatic rings. The molecule has 1 unspecified atom stereocenters. The van der Waals surface area contributed by atoms with Crippen LogP contribution in [0.1, 0.15) is 37.3 Å². The number of nitrogens with one attached hydrogen (secondary N) is 2. The summed E-state index contributed by atoms with van der Waals surface area (Å²) >= 11 is 0. The lowest BCUT2D eigenvalue weighted by atomic mass is 10.0. The fourth-order valence-corrected chi connectivity index (χ4v) is 3.60. The molecule has 1 atom stereocenters. The number of carbonyl (C=O) groups is 2. The van der Waals surface area contributed by atoms with Gasteiger partial charge in [-0.2, -0.15) is 0 Å². The maximum atomic E-state index is 14.1. The molecule has 0 spiro atoms. The molecule has 1 saturated heterocycles. The monoisotopic (exact) mass is 409 g/mol. The van der Waals surface area contributed by atoms with Gasteiger partial charge in [0, 0.05) is 17.8 Å². The van der Waals surface area contributed by atoms with E-state index in [0.717, 1.165) is 30.5 Å². The first-order valence-corrected chi connectivity index (χ1v) is 10.3. The number of piperidine rings is 1. The highest BCUT2D eigenvalue weighted by Gasteiger charge is 2.20. The Labute approximate surface area is 177 Å². The number of aryl methyl sites for hydroxylation is 1. The van der Waals surface area contributed by atoms with Crippen LogP contribution >= 0.6 is 0 Å². The average Bonchev–Trinajstić information content (AvgIpc) is 2.71. The number of anilines is 2. The van der Waals surface area contributed by atoms with Crippen molar-refractivity contribution < 1.29 is 14.0 Å². The van der Waals surface area contributed by atoms with Crippen molar-refractivity contribution in [3.63, 3.8) is 0 Å². The Bertz CT molecular complexity index is 942. The summed E-state index contributed by atoms with van der Waals surface area (Å²) in [4.78, 5) is 26.7. The maximum absolute atomic E-state index is 14.1. The van der Waals surface area contributed by atoms with E-state index in [0.29, 0.717) is 18.3 Å².